The van der Waals surface area contributed by atoms with Gasteiger partial charge in [-0.05, 0) is 79.9 Å². The van der Waals surface area contributed by atoms with Crippen molar-refractivity contribution >= 4 is 5.97 Å². The maximum absolute atomic E-state index is 13.3. The molecule has 5 nitrogen and oxygen atoms in total. The van der Waals surface area contributed by atoms with E-state index >= 15 is 0 Å². The molecule has 1 N–H and O–H groups in total. The molecule has 0 saturated heterocycles. The summed E-state index contributed by atoms with van der Waals surface area (Å²) in [6.45, 7) is 7.12. The molecule has 0 amide bonds. The van der Waals surface area contributed by atoms with Crippen molar-refractivity contribution in [1.29, 1.82) is 0 Å². The average Bonchev–Trinajstić information content (AvgIpc) is 3.15. The second-order valence-electron chi connectivity index (χ2n) is 7.77. The van der Waals surface area contributed by atoms with E-state index in [1.165, 1.54) is 12.1 Å². The van der Waals surface area contributed by atoms with Crippen molar-refractivity contribution in [3.05, 3.63) is 77.7 Å². The van der Waals surface area contributed by atoms with E-state index < -0.39 is 11.6 Å². The number of ether oxygens (including phenoxy) is 2. The highest BCUT2D eigenvalue weighted by Crippen LogP contribution is 2.25. The van der Waals surface area contributed by atoms with E-state index in [0.717, 1.165) is 28.3 Å². The monoisotopic (exact) mass is 439 g/mol. The van der Waals surface area contributed by atoms with Gasteiger partial charge in [-0.1, -0.05) is 19.1 Å². The van der Waals surface area contributed by atoms with Crippen molar-refractivity contribution in [2.24, 2.45) is 0 Å². The Morgan fingerprint density at radius 2 is 1.72 bits per heavy atom. The number of aryl methyl sites for hydroxylation is 1. The summed E-state index contributed by atoms with van der Waals surface area (Å²) in [6.07, 6.45) is 0.692. The Bertz CT molecular complexity index is 1030. The van der Waals surface area contributed by atoms with Gasteiger partial charge in [0.25, 0.3) is 0 Å². The summed E-state index contributed by atoms with van der Waals surface area (Å²) in [4.78, 5) is 11.8. The van der Waals surface area contributed by atoms with Crippen LogP contribution in [0.15, 0.2) is 60.7 Å². The molecule has 6 heteroatoms. The lowest BCUT2D eigenvalue weighted by Crippen LogP contribution is -2.43. The molecule has 1 heterocycles. The van der Waals surface area contributed by atoms with E-state index in [-0.39, 0.29) is 5.82 Å². The highest BCUT2D eigenvalue weighted by Gasteiger charge is 2.37. The van der Waals surface area contributed by atoms with E-state index in [1.54, 1.807) is 19.1 Å². The van der Waals surface area contributed by atoms with Crippen LogP contribution in [0.1, 0.15) is 31.5 Å². The zero-order valence-electron chi connectivity index (χ0n) is 18.8. The normalized spacial score (nSPS) is 13.0. The van der Waals surface area contributed by atoms with Gasteiger partial charge in [-0.15, -0.1) is 0 Å². The van der Waals surface area contributed by atoms with Gasteiger partial charge >= 0.3 is 5.97 Å². The molecule has 1 atom stereocenters. The number of hydrogen-bond acceptors (Lipinski definition) is 3. The molecule has 3 aromatic rings. The fraction of sp³-hybridized carbons (Fsp3) is 0.346. The minimum Gasteiger partial charge on any atom is -0.492 e. The first-order valence-corrected chi connectivity index (χ1v) is 10.9. The number of benzene rings is 2. The van der Waals surface area contributed by atoms with Crippen LogP contribution in [0.3, 0.4) is 0 Å². The maximum atomic E-state index is 13.3. The molecule has 1 aromatic heterocycles. The number of halogens is 1. The van der Waals surface area contributed by atoms with Crippen LogP contribution in [0.5, 0.6) is 5.75 Å². The molecule has 1 unspecified atom stereocenters. The summed E-state index contributed by atoms with van der Waals surface area (Å²) in [6, 6.07) is 18.0. The number of rotatable bonds is 11. The third-order valence-electron chi connectivity index (χ3n) is 5.72. The van der Waals surface area contributed by atoms with Crippen LogP contribution in [0.25, 0.3) is 11.3 Å². The number of carbonyl (C=O) groups is 1. The fourth-order valence-corrected chi connectivity index (χ4v) is 3.87. The van der Waals surface area contributed by atoms with Gasteiger partial charge in [-0.3, -0.25) is 0 Å². The second kappa shape index (κ2) is 10.5. The molecule has 0 bridgehead atoms. The summed E-state index contributed by atoms with van der Waals surface area (Å²) in [5, 5.41) is 9.65. The van der Waals surface area contributed by atoms with Gasteiger partial charge < -0.3 is 19.1 Å². The molecular formula is C26H30FNO4. The Kier molecular flexibility index (Phi) is 7.70. The SMILES string of the molecule is CCOC(CC)(Cc1ccc(OCCn2c(C)ccc2-c2ccc(F)cc2)cc1)C(=O)O. The summed E-state index contributed by atoms with van der Waals surface area (Å²) >= 11 is 0. The Morgan fingerprint density at radius 1 is 1.03 bits per heavy atom. The number of nitrogens with zero attached hydrogens (tertiary/aromatic N) is 1. The lowest BCUT2D eigenvalue weighted by atomic mass is 9.91. The summed E-state index contributed by atoms with van der Waals surface area (Å²) < 4.78 is 26.9. The summed E-state index contributed by atoms with van der Waals surface area (Å²) in [5.74, 6) is -0.479. The quantitative estimate of drug-likeness (QED) is 0.429. The van der Waals surface area contributed by atoms with Crippen molar-refractivity contribution in [3.8, 4) is 17.0 Å². The summed E-state index contributed by atoms with van der Waals surface area (Å²) in [7, 11) is 0. The van der Waals surface area contributed by atoms with Crippen LogP contribution in [-0.2, 0) is 22.5 Å². The Balaban J connectivity index is 1.63. The topological polar surface area (TPSA) is 60.7 Å². The van der Waals surface area contributed by atoms with E-state index in [1.807, 2.05) is 50.2 Å². The first-order chi connectivity index (χ1) is 15.4. The molecule has 0 fully saturated rings. The van der Waals surface area contributed by atoms with Gasteiger partial charge in [0.2, 0.25) is 0 Å². The third-order valence-corrected chi connectivity index (χ3v) is 5.72. The zero-order chi connectivity index (χ0) is 23.1. The summed E-state index contributed by atoms with van der Waals surface area (Å²) in [5.41, 5.74) is 2.75. The minimum atomic E-state index is -1.21. The molecule has 0 aliphatic heterocycles. The lowest BCUT2D eigenvalue weighted by molar-refractivity contribution is -0.166. The zero-order valence-corrected chi connectivity index (χ0v) is 18.8. The first kappa shape index (κ1) is 23.5. The van der Waals surface area contributed by atoms with Crippen LogP contribution in [0, 0.1) is 12.7 Å². The molecule has 0 radical (unpaired) electrons. The largest absolute Gasteiger partial charge is 0.492 e. The first-order valence-electron chi connectivity index (χ1n) is 10.9. The van der Waals surface area contributed by atoms with Crippen molar-refractivity contribution in [3.63, 3.8) is 0 Å². The van der Waals surface area contributed by atoms with Gasteiger partial charge in [-0.25, -0.2) is 9.18 Å². The van der Waals surface area contributed by atoms with Gasteiger partial charge in [0.1, 0.15) is 18.2 Å². The van der Waals surface area contributed by atoms with Crippen molar-refractivity contribution in [2.75, 3.05) is 13.2 Å². The van der Waals surface area contributed by atoms with Crippen LogP contribution < -0.4 is 4.74 Å². The highest BCUT2D eigenvalue weighted by atomic mass is 19.1. The molecule has 170 valence electrons. The minimum absolute atomic E-state index is 0.254. The van der Waals surface area contributed by atoms with Gasteiger partial charge in [0.15, 0.2) is 5.60 Å². The maximum Gasteiger partial charge on any atom is 0.336 e. The lowest BCUT2D eigenvalue weighted by Gasteiger charge is -2.28. The van der Waals surface area contributed by atoms with Crippen LogP contribution in [0.4, 0.5) is 4.39 Å². The Hall–Kier alpha value is -3.12. The number of aliphatic carboxylic acids is 1. The molecule has 0 saturated carbocycles. The molecule has 0 aliphatic rings. The number of hydrogen-bond donors (Lipinski definition) is 1. The smallest absolute Gasteiger partial charge is 0.336 e. The number of carboxylic acid groups (broad SMARTS) is 1. The van der Waals surface area contributed by atoms with E-state index in [0.29, 0.717) is 32.6 Å². The number of aromatic nitrogens is 1. The highest BCUT2D eigenvalue weighted by molar-refractivity contribution is 5.78. The van der Waals surface area contributed by atoms with Crippen molar-refractivity contribution in [1.82, 2.24) is 4.57 Å². The molecular weight excluding hydrogens is 409 g/mol. The van der Waals surface area contributed by atoms with Crippen LogP contribution in [0.2, 0.25) is 0 Å². The van der Waals surface area contributed by atoms with Gasteiger partial charge in [0.05, 0.1) is 6.54 Å². The van der Waals surface area contributed by atoms with E-state index in [9.17, 15) is 14.3 Å². The molecule has 0 aliphatic carbocycles. The van der Waals surface area contributed by atoms with Gasteiger partial charge in [-0.2, -0.15) is 0 Å². The Labute approximate surface area is 188 Å². The third kappa shape index (κ3) is 5.37. The molecule has 32 heavy (non-hydrogen) atoms. The van der Waals surface area contributed by atoms with Crippen LogP contribution >= 0.6 is 0 Å². The predicted octanol–water partition coefficient (Wildman–Crippen LogP) is 5.49. The van der Waals surface area contributed by atoms with Gasteiger partial charge in [0, 0.05) is 24.4 Å². The Morgan fingerprint density at radius 3 is 2.31 bits per heavy atom. The van der Waals surface area contributed by atoms with Crippen molar-refractivity contribution < 1.29 is 23.8 Å². The van der Waals surface area contributed by atoms with E-state index in [2.05, 4.69) is 4.57 Å². The molecule has 3 rings (SSSR count). The van der Waals surface area contributed by atoms with E-state index in [4.69, 9.17) is 9.47 Å². The molecule has 0 spiro atoms. The molecule has 2 aromatic carbocycles. The number of carboxylic acids is 1. The van der Waals surface area contributed by atoms with Crippen molar-refractivity contribution in [2.45, 2.75) is 45.8 Å². The standard InChI is InChI=1S/C26H30FNO4/c1-4-26(25(29)30,32-5-2)18-20-7-13-23(14-8-20)31-17-16-28-19(3)6-15-24(28)21-9-11-22(27)12-10-21/h6-15H,4-5,16-18H2,1-3H3,(H,29,30). The fourth-order valence-electron chi connectivity index (χ4n) is 3.87. The van der Waals surface area contributed by atoms with Crippen LogP contribution in [-0.4, -0.2) is 34.5 Å². The average molecular weight is 440 g/mol. The second-order valence-corrected chi connectivity index (χ2v) is 7.77. The predicted molar refractivity (Wildman–Crippen MR) is 122 cm³/mol.